The van der Waals surface area contributed by atoms with E-state index in [0.717, 1.165) is 5.56 Å². The highest BCUT2D eigenvalue weighted by atomic mass is 32.1. The van der Waals surface area contributed by atoms with Crippen LogP contribution in [-0.4, -0.2) is 30.2 Å². The summed E-state index contributed by atoms with van der Waals surface area (Å²) >= 11 is 4.99. The molecule has 1 aromatic rings. The molecule has 0 aromatic heterocycles. The second-order valence-electron chi connectivity index (χ2n) is 4.26. The fourth-order valence-electron chi connectivity index (χ4n) is 1.78. The minimum atomic E-state index is -0.593. The summed E-state index contributed by atoms with van der Waals surface area (Å²) in [6, 6.07) is 9.29. The van der Waals surface area contributed by atoms with Crippen molar-refractivity contribution >= 4 is 23.1 Å². The van der Waals surface area contributed by atoms with Gasteiger partial charge in [0.1, 0.15) is 5.92 Å². The van der Waals surface area contributed by atoms with Crippen molar-refractivity contribution in [2.45, 2.75) is 25.9 Å². The third-order valence-corrected chi connectivity index (χ3v) is 2.93. The van der Waals surface area contributed by atoms with Crippen molar-refractivity contribution in [2.75, 3.05) is 13.2 Å². The van der Waals surface area contributed by atoms with Crippen LogP contribution in [0.4, 0.5) is 0 Å². The molecule has 1 rings (SSSR count). The van der Waals surface area contributed by atoms with E-state index in [1.54, 1.807) is 0 Å². The maximum Gasteiger partial charge on any atom is 0.234 e. The number of hydrogen-bond donors (Lipinski definition) is 2. The summed E-state index contributed by atoms with van der Waals surface area (Å²) in [5.41, 5.74) is 6.48. The molecule has 0 bridgehead atoms. The van der Waals surface area contributed by atoms with Crippen LogP contribution in [0, 0.1) is 0 Å². The van der Waals surface area contributed by atoms with E-state index in [9.17, 15) is 4.79 Å². The normalized spacial score (nSPS) is 13.6. The topological polar surface area (TPSA) is 64.3 Å². The van der Waals surface area contributed by atoms with Gasteiger partial charge in [-0.3, -0.25) is 4.79 Å². The minimum absolute atomic E-state index is 0.0308. The molecule has 19 heavy (non-hydrogen) atoms. The molecule has 0 aliphatic carbocycles. The molecule has 0 heterocycles. The Bertz CT molecular complexity index is 423. The van der Waals surface area contributed by atoms with Crippen molar-refractivity contribution in [1.82, 2.24) is 5.32 Å². The van der Waals surface area contributed by atoms with Gasteiger partial charge in [-0.2, -0.15) is 0 Å². The molecule has 0 fully saturated rings. The molecule has 2 unspecified atom stereocenters. The number of nitrogens with two attached hydrogens (primary N) is 1. The summed E-state index contributed by atoms with van der Waals surface area (Å²) in [5, 5.41) is 2.82. The number of nitrogens with one attached hydrogen (secondary N) is 1. The predicted octanol–water partition coefficient (Wildman–Crippen LogP) is 1.60. The van der Waals surface area contributed by atoms with Crippen molar-refractivity contribution in [3.63, 3.8) is 0 Å². The van der Waals surface area contributed by atoms with Crippen LogP contribution in [0.1, 0.15) is 25.3 Å². The fraction of sp³-hybridized carbons (Fsp3) is 0.429. The molecule has 0 saturated carbocycles. The summed E-state index contributed by atoms with van der Waals surface area (Å²) in [5.74, 6) is -0.782. The van der Waals surface area contributed by atoms with Crippen LogP contribution in [0.15, 0.2) is 30.3 Å². The molecule has 5 heteroatoms. The van der Waals surface area contributed by atoms with E-state index in [2.05, 4.69) is 5.32 Å². The lowest BCUT2D eigenvalue weighted by Gasteiger charge is -2.18. The highest BCUT2D eigenvalue weighted by Crippen LogP contribution is 2.16. The lowest BCUT2D eigenvalue weighted by Crippen LogP contribution is -2.39. The summed E-state index contributed by atoms with van der Waals surface area (Å²) < 4.78 is 5.36. The van der Waals surface area contributed by atoms with E-state index in [0.29, 0.717) is 13.2 Å². The molecule has 1 aromatic carbocycles. The van der Waals surface area contributed by atoms with Gasteiger partial charge in [0.15, 0.2) is 0 Å². The number of carbonyl (C=O) groups excluding carboxylic acids is 1. The summed E-state index contributed by atoms with van der Waals surface area (Å²) in [7, 11) is 0. The van der Waals surface area contributed by atoms with Gasteiger partial charge in [0, 0.05) is 13.2 Å². The van der Waals surface area contributed by atoms with Crippen molar-refractivity contribution in [3.05, 3.63) is 35.9 Å². The van der Waals surface area contributed by atoms with Crippen molar-refractivity contribution in [3.8, 4) is 0 Å². The zero-order chi connectivity index (χ0) is 14.3. The first-order chi connectivity index (χ1) is 9.06. The van der Waals surface area contributed by atoms with Crippen LogP contribution < -0.4 is 11.1 Å². The van der Waals surface area contributed by atoms with E-state index in [1.807, 2.05) is 44.2 Å². The lowest BCUT2D eigenvalue weighted by atomic mass is 9.98. The smallest absolute Gasteiger partial charge is 0.234 e. The molecule has 1 amide bonds. The van der Waals surface area contributed by atoms with Gasteiger partial charge < -0.3 is 15.8 Å². The van der Waals surface area contributed by atoms with Gasteiger partial charge >= 0.3 is 0 Å². The number of thiocarbonyl (C=S) groups is 1. The molecule has 0 spiro atoms. The van der Waals surface area contributed by atoms with Gasteiger partial charge in [0.25, 0.3) is 0 Å². The third kappa shape index (κ3) is 4.96. The van der Waals surface area contributed by atoms with E-state index < -0.39 is 5.92 Å². The maximum absolute atomic E-state index is 12.2. The number of ether oxygens (including phenoxy) is 1. The van der Waals surface area contributed by atoms with E-state index >= 15 is 0 Å². The van der Waals surface area contributed by atoms with E-state index in [-0.39, 0.29) is 17.0 Å². The largest absolute Gasteiger partial charge is 0.392 e. The van der Waals surface area contributed by atoms with Crippen LogP contribution >= 0.6 is 12.2 Å². The first-order valence-electron chi connectivity index (χ1n) is 6.29. The Morgan fingerprint density at radius 3 is 2.58 bits per heavy atom. The number of benzene rings is 1. The molecule has 0 radical (unpaired) electrons. The summed E-state index contributed by atoms with van der Waals surface area (Å²) in [6.45, 7) is 4.88. The standard InChI is InChI=1S/C14H20N2O2S/c1-3-18-10(2)9-16-14(17)12(13(15)19)11-7-5-4-6-8-11/h4-8,10,12H,3,9H2,1-2H3,(H2,15,19)(H,16,17). The van der Waals surface area contributed by atoms with Gasteiger partial charge in [0.05, 0.1) is 11.1 Å². The Balaban J connectivity index is 2.68. The van der Waals surface area contributed by atoms with Crippen molar-refractivity contribution < 1.29 is 9.53 Å². The Hall–Kier alpha value is -1.46. The first kappa shape index (κ1) is 15.6. The molecule has 3 N–H and O–H groups in total. The second-order valence-corrected chi connectivity index (χ2v) is 4.73. The summed E-state index contributed by atoms with van der Waals surface area (Å²) in [6.07, 6.45) is -0.0308. The highest BCUT2D eigenvalue weighted by Gasteiger charge is 2.23. The molecular formula is C14H20N2O2S. The zero-order valence-corrected chi connectivity index (χ0v) is 12.1. The Morgan fingerprint density at radius 1 is 1.42 bits per heavy atom. The van der Waals surface area contributed by atoms with E-state index in [4.69, 9.17) is 22.7 Å². The van der Waals surface area contributed by atoms with Crippen LogP contribution in [0.25, 0.3) is 0 Å². The van der Waals surface area contributed by atoms with Crippen molar-refractivity contribution in [2.24, 2.45) is 5.73 Å². The SMILES string of the molecule is CCOC(C)CNC(=O)C(C(N)=S)c1ccccc1. The molecule has 2 atom stereocenters. The predicted molar refractivity (Wildman–Crippen MR) is 80.1 cm³/mol. The molecular weight excluding hydrogens is 260 g/mol. The number of carbonyl (C=O) groups is 1. The Morgan fingerprint density at radius 2 is 2.05 bits per heavy atom. The van der Waals surface area contributed by atoms with Crippen molar-refractivity contribution in [1.29, 1.82) is 0 Å². The van der Waals surface area contributed by atoms with Gasteiger partial charge in [-0.25, -0.2) is 0 Å². The average Bonchev–Trinajstić information content (AvgIpc) is 2.38. The molecule has 0 aliphatic heterocycles. The van der Waals surface area contributed by atoms with Gasteiger partial charge in [-0.05, 0) is 19.4 Å². The highest BCUT2D eigenvalue weighted by molar-refractivity contribution is 7.80. The van der Waals surface area contributed by atoms with Gasteiger partial charge in [0.2, 0.25) is 5.91 Å². The van der Waals surface area contributed by atoms with E-state index in [1.165, 1.54) is 0 Å². The quantitative estimate of drug-likeness (QED) is 0.745. The number of rotatable bonds is 7. The summed E-state index contributed by atoms with van der Waals surface area (Å²) in [4.78, 5) is 12.3. The Kier molecular flexibility index (Phi) is 6.45. The zero-order valence-electron chi connectivity index (χ0n) is 11.3. The van der Waals surface area contributed by atoms with Gasteiger partial charge in [-0.15, -0.1) is 0 Å². The van der Waals surface area contributed by atoms with Crippen LogP contribution in [-0.2, 0) is 9.53 Å². The lowest BCUT2D eigenvalue weighted by molar-refractivity contribution is -0.121. The monoisotopic (exact) mass is 280 g/mol. The number of amides is 1. The van der Waals surface area contributed by atoms with Crippen LogP contribution in [0.3, 0.4) is 0 Å². The van der Waals surface area contributed by atoms with Crippen LogP contribution in [0.5, 0.6) is 0 Å². The fourth-order valence-corrected chi connectivity index (χ4v) is 2.02. The second kappa shape index (κ2) is 7.86. The molecule has 4 nitrogen and oxygen atoms in total. The maximum atomic E-state index is 12.2. The minimum Gasteiger partial charge on any atom is -0.392 e. The molecule has 104 valence electrons. The Labute approximate surface area is 119 Å². The third-order valence-electron chi connectivity index (χ3n) is 2.69. The van der Waals surface area contributed by atoms with Crippen LogP contribution in [0.2, 0.25) is 0 Å². The number of hydrogen-bond acceptors (Lipinski definition) is 3. The molecule has 0 saturated heterocycles. The molecule has 0 aliphatic rings. The average molecular weight is 280 g/mol. The first-order valence-corrected chi connectivity index (χ1v) is 6.70. The van der Waals surface area contributed by atoms with Gasteiger partial charge in [-0.1, -0.05) is 42.5 Å².